The molecule has 0 saturated carbocycles. The minimum atomic E-state index is -0.376. The quantitative estimate of drug-likeness (QED) is 0.624. The Labute approximate surface area is 115 Å². The van der Waals surface area contributed by atoms with Crippen molar-refractivity contribution < 1.29 is 9.18 Å². The minimum Gasteiger partial charge on any atom is -0.291 e. The molecule has 0 unspecified atom stereocenters. The topological polar surface area (TPSA) is 30.0 Å². The average molecular weight is 335 g/mol. The Morgan fingerprint density at radius 2 is 2.29 bits per heavy atom. The number of hydrogen-bond acceptors (Lipinski definition) is 3. The zero-order valence-corrected chi connectivity index (χ0v) is 11.6. The van der Waals surface area contributed by atoms with E-state index in [0.717, 1.165) is 0 Å². The first-order chi connectivity index (χ1) is 8.11. The largest absolute Gasteiger partial charge is 0.291 e. The molecule has 0 bridgehead atoms. The Morgan fingerprint density at radius 1 is 1.53 bits per heavy atom. The van der Waals surface area contributed by atoms with Crippen LogP contribution in [0.25, 0.3) is 10.6 Å². The second-order valence-electron chi connectivity index (χ2n) is 3.22. The van der Waals surface area contributed by atoms with Crippen LogP contribution in [-0.4, -0.2) is 16.6 Å². The molecule has 0 atom stereocenters. The van der Waals surface area contributed by atoms with E-state index in [1.165, 1.54) is 17.4 Å². The van der Waals surface area contributed by atoms with E-state index in [1.807, 2.05) is 0 Å². The third-order valence-electron chi connectivity index (χ3n) is 2.07. The number of thiazole rings is 1. The highest BCUT2D eigenvalue weighted by molar-refractivity contribution is 9.10. The summed E-state index contributed by atoms with van der Waals surface area (Å²) in [7, 11) is 0. The van der Waals surface area contributed by atoms with Crippen LogP contribution in [-0.2, 0) is 0 Å². The molecule has 0 fully saturated rings. The van der Waals surface area contributed by atoms with Gasteiger partial charge in [-0.2, -0.15) is 0 Å². The maximum atomic E-state index is 13.7. The molecule has 0 aliphatic carbocycles. The van der Waals surface area contributed by atoms with E-state index in [0.29, 0.717) is 15.0 Å². The molecule has 88 valence electrons. The van der Waals surface area contributed by atoms with E-state index >= 15 is 0 Å². The maximum absolute atomic E-state index is 13.7. The van der Waals surface area contributed by atoms with Gasteiger partial charge in [0.2, 0.25) is 0 Å². The van der Waals surface area contributed by atoms with Gasteiger partial charge in [0.1, 0.15) is 16.5 Å². The van der Waals surface area contributed by atoms with E-state index in [-0.39, 0.29) is 23.2 Å². The van der Waals surface area contributed by atoms with Gasteiger partial charge in [0, 0.05) is 15.4 Å². The summed E-state index contributed by atoms with van der Waals surface area (Å²) < 4.78 is 14.3. The lowest BCUT2D eigenvalue weighted by molar-refractivity contribution is 0.101. The first-order valence-corrected chi connectivity index (χ1v) is 6.82. The Bertz CT molecular complexity index is 572. The van der Waals surface area contributed by atoms with E-state index in [4.69, 9.17) is 11.6 Å². The van der Waals surface area contributed by atoms with Crippen molar-refractivity contribution in [1.29, 1.82) is 0 Å². The fourth-order valence-corrected chi connectivity index (χ4v) is 2.58. The van der Waals surface area contributed by atoms with Gasteiger partial charge in [0.05, 0.1) is 5.88 Å². The Hall–Kier alpha value is -0.780. The molecule has 0 aliphatic rings. The smallest absolute Gasteiger partial charge is 0.196 e. The van der Waals surface area contributed by atoms with Crippen LogP contribution >= 0.6 is 38.9 Å². The average Bonchev–Trinajstić information content (AvgIpc) is 2.77. The van der Waals surface area contributed by atoms with Crippen molar-refractivity contribution in [1.82, 2.24) is 4.98 Å². The van der Waals surface area contributed by atoms with Gasteiger partial charge in [-0.1, -0.05) is 15.9 Å². The van der Waals surface area contributed by atoms with Crippen LogP contribution in [0.3, 0.4) is 0 Å². The summed E-state index contributed by atoms with van der Waals surface area (Å²) in [5.74, 6) is -0.753. The fraction of sp³-hybridized carbons (Fsp3) is 0.0909. The zero-order valence-electron chi connectivity index (χ0n) is 8.41. The summed E-state index contributed by atoms with van der Waals surface area (Å²) in [4.78, 5) is 15.4. The lowest BCUT2D eigenvalue weighted by Crippen LogP contribution is -2.00. The second kappa shape index (κ2) is 5.25. The standard InChI is InChI=1S/C11H6BrClFNOS/c12-6-1-2-7(8(14)3-6)11-15-9(5-17-11)10(16)4-13/h1-3,5H,4H2. The van der Waals surface area contributed by atoms with E-state index < -0.39 is 0 Å². The van der Waals surface area contributed by atoms with Crippen LogP contribution in [0.1, 0.15) is 10.5 Å². The predicted octanol–water partition coefficient (Wildman–Crippen LogP) is 4.13. The van der Waals surface area contributed by atoms with Gasteiger partial charge in [0.25, 0.3) is 0 Å². The van der Waals surface area contributed by atoms with Crippen LogP contribution in [0.15, 0.2) is 28.1 Å². The lowest BCUT2D eigenvalue weighted by Gasteiger charge is -1.99. The van der Waals surface area contributed by atoms with Crippen molar-refractivity contribution in [3.05, 3.63) is 39.6 Å². The first kappa shape index (κ1) is 12.7. The number of nitrogens with zero attached hydrogens (tertiary/aromatic N) is 1. The third-order valence-corrected chi connectivity index (χ3v) is 3.68. The molecule has 0 spiro atoms. The van der Waals surface area contributed by atoms with E-state index in [1.54, 1.807) is 17.5 Å². The molecule has 2 aromatic rings. The predicted molar refractivity (Wildman–Crippen MR) is 70.3 cm³/mol. The van der Waals surface area contributed by atoms with E-state index in [9.17, 15) is 9.18 Å². The van der Waals surface area contributed by atoms with Gasteiger partial charge in [-0.05, 0) is 18.2 Å². The molecule has 0 saturated heterocycles. The van der Waals surface area contributed by atoms with Gasteiger partial charge < -0.3 is 0 Å². The summed E-state index contributed by atoms with van der Waals surface area (Å²) in [6, 6.07) is 4.70. The molecule has 1 aromatic carbocycles. The van der Waals surface area contributed by atoms with Crippen LogP contribution in [0.2, 0.25) is 0 Å². The highest BCUT2D eigenvalue weighted by Gasteiger charge is 2.13. The Morgan fingerprint density at radius 3 is 2.94 bits per heavy atom. The van der Waals surface area contributed by atoms with Crippen molar-refractivity contribution in [2.75, 3.05) is 5.88 Å². The third kappa shape index (κ3) is 2.73. The lowest BCUT2D eigenvalue weighted by atomic mass is 10.2. The van der Waals surface area contributed by atoms with Gasteiger partial charge in [-0.15, -0.1) is 22.9 Å². The van der Waals surface area contributed by atoms with Crippen molar-refractivity contribution in [3.8, 4) is 10.6 Å². The summed E-state index contributed by atoms with van der Waals surface area (Å²) >= 11 is 9.83. The number of ketones is 1. The Balaban J connectivity index is 2.40. The molecule has 0 N–H and O–H groups in total. The molecule has 0 aliphatic heterocycles. The van der Waals surface area contributed by atoms with Crippen molar-refractivity contribution >= 4 is 44.7 Å². The number of halogens is 3. The van der Waals surface area contributed by atoms with Crippen molar-refractivity contribution in [2.45, 2.75) is 0 Å². The SMILES string of the molecule is O=C(CCl)c1csc(-c2ccc(Br)cc2F)n1. The highest BCUT2D eigenvalue weighted by Crippen LogP contribution is 2.28. The number of aromatic nitrogens is 1. The normalized spacial score (nSPS) is 10.5. The molecular formula is C11H6BrClFNOS. The molecule has 17 heavy (non-hydrogen) atoms. The van der Waals surface area contributed by atoms with Gasteiger partial charge in [-0.25, -0.2) is 9.37 Å². The minimum absolute atomic E-state index is 0.119. The number of hydrogen-bond donors (Lipinski definition) is 0. The van der Waals surface area contributed by atoms with Gasteiger partial charge in [-0.3, -0.25) is 4.79 Å². The summed E-state index contributed by atoms with van der Waals surface area (Å²) in [6.07, 6.45) is 0. The molecule has 1 aromatic heterocycles. The number of carbonyl (C=O) groups excluding carboxylic acids is 1. The first-order valence-electron chi connectivity index (χ1n) is 4.62. The second-order valence-corrected chi connectivity index (χ2v) is 5.26. The van der Waals surface area contributed by atoms with Crippen LogP contribution < -0.4 is 0 Å². The van der Waals surface area contributed by atoms with Crippen molar-refractivity contribution in [3.63, 3.8) is 0 Å². The maximum Gasteiger partial charge on any atom is 0.196 e. The number of Topliss-reactive ketones (excluding diaryl/α,β-unsaturated/α-hetero) is 1. The van der Waals surface area contributed by atoms with Crippen LogP contribution in [0.5, 0.6) is 0 Å². The van der Waals surface area contributed by atoms with Crippen molar-refractivity contribution in [2.24, 2.45) is 0 Å². The zero-order chi connectivity index (χ0) is 12.4. The van der Waals surface area contributed by atoms with Crippen LogP contribution in [0, 0.1) is 5.82 Å². The molecule has 6 heteroatoms. The van der Waals surface area contributed by atoms with Gasteiger partial charge >= 0.3 is 0 Å². The summed E-state index contributed by atoms with van der Waals surface area (Å²) in [6.45, 7) is 0. The number of carbonyl (C=O) groups is 1. The summed E-state index contributed by atoms with van der Waals surface area (Å²) in [5.41, 5.74) is 0.661. The van der Waals surface area contributed by atoms with E-state index in [2.05, 4.69) is 20.9 Å². The summed E-state index contributed by atoms with van der Waals surface area (Å²) in [5, 5.41) is 2.06. The molecule has 0 radical (unpaired) electrons. The number of benzene rings is 1. The number of alkyl halides is 1. The molecule has 2 nitrogen and oxygen atoms in total. The molecule has 0 amide bonds. The van der Waals surface area contributed by atoms with Crippen LogP contribution in [0.4, 0.5) is 4.39 Å². The van der Waals surface area contributed by atoms with Gasteiger partial charge in [0.15, 0.2) is 5.78 Å². The Kier molecular flexibility index (Phi) is 3.91. The number of rotatable bonds is 3. The molecule has 1 heterocycles. The monoisotopic (exact) mass is 333 g/mol. The molecule has 2 rings (SSSR count). The fourth-order valence-electron chi connectivity index (χ4n) is 1.26. The highest BCUT2D eigenvalue weighted by atomic mass is 79.9. The molecular weight excluding hydrogens is 329 g/mol.